The van der Waals surface area contributed by atoms with E-state index in [0.29, 0.717) is 0 Å². The Labute approximate surface area is 110 Å². The van der Waals surface area contributed by atoms with Crippen molar-refractivity contribution in [3.8, 4) is 0 Å². The van der Waals surface area contributed by atoms with Gasteiger partial charge in [-0.05, 0) is 13.8 Å². The minimum atomic E-state index is -1.01. The molecule has 2 rings (SSSR count). The number of aliphatic hydroxyl groups is 2. The second kappa shape index (κ2) is 4.46. The van der Waals surface area contributed by atoms with Crippen LogP contribution < -0.4 is 5.32 Å². The monoisotopic (exact) mass is 271 g/mol. The maximum Gasteiger partial charge on any atom is 0.325 e. The van der Waals surface area contributed by atoms with Gasteiger partial charge in [0.05, 0.1) is 12.2 Å². The molecule has 0 aromatic rings. The highest BCUT2D eigenvalue weighted by Crippen LogP contribution is 2.17. The number of imide groups is 1. The van der Waals surface area contributed by atoms with Crippen LogP contribution in [0.3, 0.4) is 0 Å². The van der Waals surface area contributed by atoms with Crippen molar-refractivity contribution in [1.82, 2.24) is 15.1 Å². The van der Waals surface area contributed by atoms with Crippen LogP contribution in [-0.2, 0) is 9.59 Å². The first-order valence-electron chi connectivity index (χ1n) is 6.00. The molecule has 0 saturated carbocycles. The van der Waals surface area contributed by atoms with Crippen molar-refractivity contribution in [2.45, 2.75) is 31.6 Å². The Bertz CT molecular complexity index is 426. The van der Waals surface area contributed by atoms with Gasteiger partial charge in [-0.2, -0.15) is 0 Å². The van der Waals surface area contributed by atoms with E-state index in [1.54, 1.807) is 13.8 Å². The third-order valence-electron chi connectivity index (χ3n) is 3.35. The molecule has 2 saturated heterocycles. The molecule has 0 radical (unpaired) electrons. The molecular formula is C11H17N3O5. The predicted octanol–water partition coefficient (Wildman–Crippen LogP) is -2.12. The van der Waals surface area contributed by atoms with Crippen LogP contribution in [0.1, 0.15) is 13.8 Å². The molecule has 4 amide bonds. The first-order chi connectivity index (χ1) is 8.72. The molecule has 19 heavy (non-hydrogen) atoms. The second-order valence-electron chi connectivity index (χ2n) is 5.38. The van der Waals surface area contributed by atoms with Crippen molar-refractivity contribution < 1.29 is 24.6 Å². The highest BCUT2D eigenvalue weighted by atomic mass is 16.3. The quantitative estimate of drug-likeness (QED) is 0.497. The Morgan fingerprint density at radius 2 is 1.84 bits per heavy atom. The minimum Gasteiger partial charge on any atom is -0.388 e. The van der Waals surface area contributed by atoms with Gasteiger partial charge in [0, 0.05) is 13.1 Å². The first-order valence-corrected chi connectivity index (χ1v) is 6.00. The SMILES string of the molecule is CC1(C)NC(=O)N(CC(=O)N2CC(O)C(O)C2)C1=O. The molecule has 0 bridgehead atoms. The molecule has 8 heteroatoms. The number of nitrogens with one attached hydrogen (secondary N) is 1. The summed E-state index contributed by atoms with van der Waals surface area (Å²) < 4.78 is 0. The number of hydrogen-bond acceptors (Lipinski definition) is 5. The summed E-state index contributed by atoms with van der Waals surface area (Å²) in [5.41, 5.74) is -1.01. The Morgan fingerprint density at radius 3 is 2.26 bits per heavy atom. The molecule has 2 atom stereocenters. The van der Waals surface area contributed by atoms with Gasteiger partial charge in [0.25, 0.3) is 5.91 Å². The lowest BCUT2D eigenvalue weighted by atomic mass is 10.1. The molecule has 2 unspecified atom stereocenters. The van der Waals surface area contributed by atoms with E-state index in [4.69, 9.17) is 0 Å². The molecular weight excluding hydrogens is 254 g/mol. The molecule has 8 nitrogen and oxygen atoms in total. The van der Waals surface area contributed by atoms with Gasteiger partial charge in [0.2, 0.25) is 5.91 Å². The van der Waals surface area contributed by atoms with Crippen molar-refractivity contribution in [3.05, 3.63) is 0 Å². The Hall–Kier alpha value is -1.67. The number of β-amino-alcohol motifs (C(OH)–C–C–N with tert-alkyl or cyclic N) is 2. The zero-order chi connectivity index (χ0) is 14.4. The summed E-state index contributed by atoms with van der Waals surface area (Å²) in [6, 6.07) is -0.608. The number of carbonyl (C=O) groups is 3. The second-order valence-corrected chi connectivity index (χ2v) is 5.38. The molecule has 2 fully saturated rings. The molecule has 0 spiro atoms. The maximum absolute atomic E-state index is 11.9. The average molecular weight is 271 g/mol. The molecule has 0 aromatic heterocycles. The van der Waals surface area contributed by atoms with Crippen LogP contribution in [0.2, 0.25) is 0 Å². The summed E-state index contributed by atoms with van der Waals surface area (Å²) in [4.78, 5) is 37.5. The zero-order valence-electron chi connectivity index (χ0n) is 10.8. The van der Waals surface area contributed by atoms with Crippen LogP contribution >= 0.6 is 0 Å². The van der Waals surface area contributed by atoms with E-state index < -0.39 is 35.6 Å². The Balaban J connectivity index is 2.00. The zero-order valence-corrected chi connectivity index (χ0v) is 10.8. The molecule has 3 N–H and O–H groups in total. The van der Waals surface area contributed by atoms with Crippen LogP contribution in [-0.4, -0.2) is 75.2 Å². The van der Waals surface area contributed by atoms with E-state index in [1.807, 2.05) is 0 Å². The smallest absolute Gasteiger partial charge is 0.325 e. The third-order valence-corrected chi connectivity index (χ3v) is 3.35. The van der Waals surface area contributed by atoms with E-state index in [-0.39, 0.29) is 19.6 Å². The number of carbonyl (C=O) groups excluding carboxylic acids is 3. The largest absolute Gasteiger partial charge is 0.388 e. The fraction of sp³-hybridized carbons (Fsp3) is 0.727. The van der Waals surface area contributed by atoms with E-state index in [2.05, 4.69) is 5.32 Å². The third kappa shape index (κ3) is 2.41. The van der Waals surface area contributed by atoms with Gasteiger partial charge in [-0.1, -0.05) is 0 Å². The van der Waals surface area contributed by atoms with Crippen molar-refractivity contribution >= 4 is 17.8 Å². The fourth-order valence-electron chi connectivity index (χ4n) is 2.17. The van der Waals surface area contributed by atoms with Crippen molar-refractivity contribution in [3.63, 3.8) is 0 Å². The van der Waals surface area contributed by atoms with Gasteiger partial charge in [-0.25, -0.2) is 4.79 Å². The van der Waals surface area contributed by atoms with Crippen LogP contribution in [0.15, 0.2) is 0 Å². The lowest BCUT2D eigenvalue weighted by Gasteiger charge is -2.20. The summed E-state index contributed by atoms with van der Waals surface area (Å²) in [7, 11) is 0. The van der Waals surface area contributed by atoms with Crippen LogP contribution in [0.25, 0.3) is 0 Å². The summed E-state index contributed by atoms with van der Waals surface area (Å²) >= 11 is 0. The van der Waals surface area contributed by atoms with Gasteiger partial charge in [-0.3, -0.25) is 14.5 Å². The summed E-state index contributed by atoms with van der Waals surface area (Å²) in [5, 5.41) is 21.2. The van der Waals surface area contributed by atoms with E-state index in [1.165, 1.54) is 4.90 Å². The topological polar surface area (TPSA) is 110 Å². The molecule has 2 aliphatic rings. The Morgan fingerprint density at radius 1 is 1.32 bits per heavy atom. The van der Waals surface area contributed by atoms with Crippen molar-refractivity contribution in [1.29, 1.82) is 0 Å². The van der Waals surface area contributed by atoms with Gasteiger partial charge in [0.15, 0.2) is 0 Å². The maximum atomic E-state index is 11.9. The number of amides is 4. The first kappa shape index (κ1) is 13.8. The average Bonchev–Trinajstić information content (AvgIpc) is 2.72. The molecule has 2 heterocycles. The molecule has 0 aromatic carbocycles. The van der Waals surface area contributed by atoms with Crippen LogP contribution in [0.4, 0.5) is 4.79 Å². The molecule has 106 valence electrons. The van der Waals surface area contributed by atoms with Gasteiger partial charge in [0.1, 0.15) is 12.1 Å². The van der Waals surface area contributed by atoms with Crippen molar-refractivity contribution in [2.24, 2.45) is 0 Å². The highest BCUT2D eigenvalue weighted by Gasteiger charge is 2.45. The number of aliphatic hydroxyl groups excluding tert-OH is 2. The number of urea groups is 1. The number of hydrogen-bond donors (Lipinski definition) is 3. The lowest BCUT2D eigenvalue weighted by molar-refractivity contribution is -0.138. The Kier molecular flexibility index (Phi) is 3.23. The van der Waals surface area contributed by atoms with Gasteiger partial charge >= 0.3 is 6.03 Å². The standard InChI is InChI=1S/C11H17N3O5/c1-11(2)9(18)14(10(19)12-11)5-8(17)13-3-6(15)7(16)4-13/h6-7,15-16H,3-5H2,1-2H3,(H,12,19). The van der Waals surface area contributed by atoms with E-state index in [0.717, 1.165) is 4.90 Å². The number of likely N-dealkylation sites (tertiary alicyclic amines) is 1. The van der Waals surface area contributed by atoms with Crippen LogP contribution in [0.5, 0.6) is 0 Å². The van der Waals surface area contributed by atoms with E-state index in [9.17, 15) is 24.6 Å². The fourth-order valence-corrected chi connectivity index (χ4v) is 2.17. The van der Waals surface area contributed by atoms with Gasteiger partial charge in [-0.15, -0.1) is 0 Å². The summed E-state index contributed by atoms with van der Waals surface area (Å²) in [6.45, 7) is 2.75. The molecule has 2 aliphatic heterocycles. The van der Waals surface area contributed by atoms with Crippen LogP contribution in [0, 0.1) is 0 Å². The lowest BCUT2D eigenvalue weighted by Crippen LogP contribution is -2.44. The summed E-state index contributed by atoms with van der Waals surface area (Å²) in [5.74, 6) is -0.942. The highest BCUT2D eigenvalue weighted by molar-refractivity contribution is 6.08. The number of nitrogens with zero attached hydrogens (tertiary/aromatic N) is 2. The minimum absolute atomic E-state index is 0.00699. The van der Waals surface area contributed by atoms with Gasteiger partial charge < -0.3 is 20.4 Å². The van der Waals surface area contributed by atoms with Crippen molar-refractivity contribution in [2.75, 3.05) is 19.6 Å². The predicted molar refractivity (Wildman–Crippen MR) is 62.9 cm³/mol. The molecule has 0 aliphatic carbocycles. The number of rotatable bonds is 2. The normalized spacial score (nSPS) is 29.9. The van der Waals surface area contributed by atoms with E-state index >= 15 is 0 Å². The summed E-state index contributed by atoms with van der Waals surface area (Å²) in [6.07, 6.45) is -1.97.